The molecule has 0 fully saturated rings. The minimum atomic E-state index is 0.0160. The molecule has 170 valence electrons. The van der Waals surface area contributed by atoms with Gasteiger partial charge in [0, 0.05) is 17.4 Å². The molecule has 0 bridgehead atoms. The predicted molar refractivity (Wildman–Crippen MR) is 133 cm³/mol. The van der Waals surface area contributed by atoms with Crippen LogP contribution >= 0.6 is 11.8 Å². The summed E-state index contributed by atoms with van der Waals surface area (Å²) in [6, 6.07) is 19.9. The van der Waals surface area contributed by atoms with Gasteiger partial charge in [0.25, 0.3) is 0 Å². The van der Waals surface area contributed by atoms with Crippen molar-refractivity contribution in [1.29, 1.82) is 0 Å². The molecule has 0 atom stereocenters. The molecule has 2 aromatic heterocycles. The number of Topliss-reactive ketones (excluding diaryl/α,β-unsaturated/α-hetero) is 1. The molecule has 0 aliphatic rings. The smallest absolute Gasteiger partial charge is 0.196 e. The Bertz CT molecular complexity index is 1200. The molecule has 0 aliphatic carbocycles. The highest BCUT2D eigenvalue weighted by Crippen LogP contribution is 2.31. The lowest BCUT2D eigenvalue weighted by Gasteiger charge is -2.19. The molecule has 4 aromatic rings. The van der Waals surface area contributed by atoms with Gasteiger partial charge in [0.15, 0.2) is 16.8 Å². The lowest BCUT2D eigenvalue weighted by Crippen LogP contribution is -2.10. The Hall–Kier alpha value is -3.32. The average Bonchev–Trinajstić information content (AvgIpc) is 3.48. The first-order chi connectivity index (χ1) is 15.9. The average molecular weight is 461 g/mol. The van der Waals surface area contributed by atoms with E-state index in [4.69, 9.17) is 4.74 Å². The van der Waals surface area contributed by atoms with Crippen molar-refractivity contribution in [2.24, 2.45) is 0 Å². The summed E-state index contributed by atoms with van der Waals surface area (Å²) in [6.07, 6.45) is 1.75. The van der Waals surface area contributed by atoms with Crippen molar-refractivity contribution in [2.45, 2.75) is 38.3 Å². The molecule has 7 heteroatoms. The Kier molecular flexibility index (Phi) is 6.70. The van der Waals surface area contributed by atoms with E-state index < -0.39 is 0 Å². The second-order valence-electron chi connectivity index (χ2n) is 8.69. The Morgan fingerprint density at radius 1 is 1.03 bits per heavy atom. The molecule has 2 aromatic carbocycles. The summed E-state index contributed by atoms with van der Waals surface area (Å²) >= 11 is 1.37. The van der Waals surface area contributed by atoms with Gasteiger partial charge in [-0.05, 0) is 54.3 Å². The second kappa shape index (κ2) is 9.67. The Morgan fingerprint density at radius 2 is 1.76 bits per heavy atom. The fourth-order valence-corrected chi connectivity index (χ4v) is 4.31. The number of aromatic amines is 1. The monoisotopic (exact) mass is 460 g/mol. The third-order valence-electron chi connectivity index (χ3n) is 5.28. The maximum absolute atomic E-state index is 12.5. The van der Waals surface area contributed by atoms with Gasteiger partial charge in [-0.1, -0.05) is 56.8 Å². The molecule has 33 heavy (non-hydrogen) atoms. The zero-order valence-corrected chi connectivity index (χ0v) is 20.1. The number of thioether (sulfide) groups is 1. The summed E-state index contributed by atoms with van der Waals surface area (Å²) in [5.74, 6) is 1.82. The summed E-state index contributed by atoms with van der Waals surface area (Å²) in [4.78, 5) is 15.5. The number of rotatable bonds is 8. The van der Waals surface area contributed by atoms with Gasteiger partial charge in [-0.3, -0.25) is 9.36 Å². The maximum atomic E-state index is 12.5. The third-order valence-corrected chi connectivity index (χ3v) is 6.21. The number of aromatic nitrogens is 4. The van der Waals surface area contributed by atoms with Gasteiger partial charge in [0.05, 0.1) is 18.1 Å². The molecule has 4 rings (SSSR count). The number of carbonyl (C=O) groups is 1. The molecule has 0 saturated heterocycles. The van der Waals surface area contributed by atoms with Gasteiger partial charge in [-0.25, -0.2) is 0 Å². The SMILES string of the molecule is CCOc1ccc(-n2c(SCC(=O)c3ccc[nH]3)nnc2-c2ccc(C(C)(C)C)cc2)cc1. The van der Waals surface area contributed by atoms with E-state index in [0.717, 1.165) is 22.8 Å². The number of benzene rings is 2. The molecular weight excluding hydrogens is 432 g/mol. The first-order valence-corrected chi connectivity index (χ1v) is 11.9. The Morgan fingerprint density at radius 3 is 2.36 bits per heavy atom. The van der Waals surface area contributed by atoms with E-state index in [1.165, 1.54) is 17.3 Å². The van der Waals surface area contributed by atoms with Crippen molar-refractivity contribution in [3.63, 3.8) is 0 Å². The zero-order chi connectivity index (χ0) is 23.4. The Balaban J connectivity index is 1.69. The van der Waals surface area contributed by atoms with Crippen LogP contribution in [-0.2, 0) is 5.41 Å². The number of hydrogen-bond donors (Lipinski definition) is 1. The molecular formula is C26H28N4O2S. The number of ketones is 1. The van der Waals surface area contributed by atoms with Crippen LogP contribution in [0.15, 0.2) is 72.0 Å². The highest BCUT2D eigenvalue weighted by atomic mass is 32.2. The van der Waals surface area contributed by atoms with Crippen molar-refractivity contribution in [3.8, 4) is 22.8 Å². The van der Waals surface area contributed by atoms with Crippen LogP contribution in [0, 0.1) is 0 Å². The maximum Gasteiger partial charge on any atom is 0.196 e. The fourth-order valence-electron chi connectivity index (χ4n) is 3.47. The first kappa shape index (κ1) is 22.9. The van der Waals surface area contributed by atoms with Gasteiger partial charge in [-0.15, -0.1) is 10.2 Å². The molecule has 0 radical (unpaired) electrons. The summed E-state index contributed by atoms with van der Waals surface area (Å²) < 4.78 is 7.59. The van der Waals surface area contributed by atoms with Gasteiger partial charge in [-0.2, -0.15) is 0 Å². The molecule has 0 spiro atoms. The second-order valence-corrected chi connectivity index (χ2v) is 9.63. The summed E-state index contributed by atoms with van der Waals surface area (Å²) in [7, 11) is 0. The van der Waals surface area contributed by atoms with Crippen molar-refractivity contribution >= 4 is 17.5 Å². The van der Waals surface area contributed by atoms with Crippen molar-refractivity contribution in [1.82, 2.24) is 19.7 Å². The van der Waals surface area contributed by atoms with Gasteiger partial charge >= 0.3 is 0 Å². The van der Waals surface area contributed by atoms with Crippen LogP contribution in [0.3, 0.4) is 0 Å². The van der Waals surface area contributed by atoms with E-state index >= 15 is 0 Å². The number of carbonyl (C=O) groups excluding carboxylic acids is 1. The minimum absolute atomic E-state index is 0.0160. The van der Waals surface area contributed by atoms with E-state index in [-0.39, 0.29) is 17.0 Å². The van der Waals surface area contributed by atoms with E-state index in [9.17, 15) is 4.79 Å². The van der Waals surface area contributed by atoms with Crippen LogP contribution in [-0.4, -0.2) is 37.9 Å². The van der Waals surface area contributed by atoms with E-state index in [1.54, 1.807) is 12.3 Å². The Labute approximate surface area is 198 Å². The molecule has 0 amide bonds. The van der Waals surface area contributed by atoms with Gasteiger partial charge in [0.2, 0.25) is 0 Å². The van der Waals surface area contributed by atoms with Crippen LogP contribution in [0.1, 0.15) is 43.7 Å². The number of hydrogen-bond acceptors (Lipinski definition) is 5. The minimum Gasteiger partial charge on any atom is -0.494 e. The zero-order valence-electron chi connectivity index (χ0n) is 19.3. The highest BCUT2D eigenvalue weighted by Gasteiger charge is 2.19. The lowest BCUT2D eigenvalue weighted by molar-refractivity contribution is 0.101. The predicted octanol–water partition coefficient (Wildman–Crippen LogP) is 5.93. The fraction of sp³-hybridized carbons (Fsp3) is 0.269. The van der Waals surface area contributed by atoms with Crippen molar-refractivity contribution < 1.29 is 9.53 Å². The quantitative estimate of drug-likeness (QED) is 0.260. The van der Waals surface area contributed by atoms with Gasteiger partial charge in [0.1, 0.15) is 5.75 Å². The van der Waals surface area contributed by atoms with Crippen molar-refractivity contribution in [2.75, 3.05) is 12.4 Å². The van der Waals surface area contributed by atoms with Crippen molar-refractivity contribution in [3.05, 3.63) is 78.1 Å². The number of nitrogens with one attached hydrogen (secondary N) is 1. The van der Waals surface area contributed by atoms with Crippen LogP contribution in [0.5, 0.6) is 5.75 Å². The van der Waals surface area contributed by atoms with E-state index in [2.05, 4.69) is 60.2 Å². The lowest BCUT2D eigenvalue weighted by atomic mass is 9.87. The van der Waals surface area contributed by atoms with Crippen LogP contribution in [0.2, 0.25) is 0 Å². The summed E-state index contributed by atoms with van der Waals surface area (Å²) in [5.41, 5.74) is 3.79. The standard InChI is InChI=1S/C26H28N4O2S/c1-5-32-21-14-12-20(13-15-21)30-24(18-8-10-19(11-9-18)26(2,3)4)28-29-25(30)33-17-23(31)22-7-6-16-27-22/h6-16,27H,5,17H2,1-4H3. The first-order valence-electron chi connectivity index (χ1n) is 11.0. The molecule has 0 saturated carbocycles. The van der Waals surface area contributed by atoms with Gasteiger partial charge < -0.3 is 9.72 Å². The van der Waals surface area contributed by atoms with E-state index in [1.807, 2.05) is 41.8 Å². The normalized spacial score (nSPS) is 11.5. The number of nitrogens with zero attached hydrogens (tertiary/aromatic N) is 3. The topological polar surface area (TPSA) is 72.8 Å². The molecule has 0 aliphatic heterocycles. The number of H-pyrrole nitrogens is 1. The molecule has 6 nitrogen and oxygen atoms in total. The summed E-state index contributed by atoms with van der Waals surface area (Å²) in [5, 5.41) is 9.59. The molecule has 0 unspecified atom stereocenters. The third kappa shape index (κ3) is 5.20. The molecule has 1 N–H and O–H groups in total. The number of ether oxygens (including phenoxy) is 1. The summed E-state index contributed by atoms with van der Waals surface area (Å²) in [6.45, 7) is 9.16. The largest absolute Gasteiger partial charge is 0.494 e. The van der Waals surface area contributed by atoms with Crippen LogP contribution in [0.4, 0.5) is 0 Å². The van der Waals surface area contributed by atoms with E-state index in [0.29, 0.717) is 17.5 Å². The van der Waals surface area contributed by atoms with Crippen LogP contribution < -0.4 is 4.74 Å². The molecule has 2 heterocycles. The highest BCUT2D eigenvalue weighted by molar-refractivity contribution is 7.99. The van der Waals surface area contributed by atoms with Crippen LogP contribution in [0.25, 0.3) is 17.1 Å².